The molecule has 2 aliphatic heterocycles. The molecule has 2 aromatic rings. The second-order valence-corrected chi connectivity index (χ2v) is 13.0. The summed E-state index contributed by atoms with van der Waals surface area (Å²) in [7, 11) is 2.53. The van der Waals surface area contributed by atoms with E-state index in [1.807, 2.05) is 0 Å². The summed E-state index contributed by atoms with van der Waals surface area (Å²) < 4.78 is 95.0. The van der Waals surface area contributed by atoms with E-state index >= 15 is 0 Å². The van der Waals surface area contributed by atoms with Gasteiger partial charge in [0.2, 0.25) is 10.6 Å². The molecular weight excluding hydrogens is 894 g/mol. The van der Waals surface area contributed by atoms with Crippen molar-refractivity contribution in [2.75, 3.05) is 51.3 Å². The minimum atomic E-state index is -4.43. The van der Waals surface area contributed by atoms with Crippen LogP contribution < -0.4 is 5.32 Å². The monoisotopic (exact) mass is 926 g/mol. The van der Waals surface area contributed by atoms with Crippen molar-refractivity contribution < 1.29 is 64.5 Å². The lowest BCUT2D eigenvalue weighted by Gasteiger charge is -2.39. The third-order valence-electron chi connectivity index (χ3n) is 7.46. The molecule has 2 aromatic carbocycles. The lowest BCUT2D eigenvalue weighted by Crippen LogP contribution is -2.55. The van der Waals surface area contributed by atoms with Crippen molar-refractivity contribution in [1.29, 1.82) is 0 Å². The van der Waals surface area contributed by atoms with Crippen LogP contribution in [0.15, 0.2) is 48.5 Å². The maximum Gasteiger partial charge on any atom is 0.416 e. The molecule has 2 heterocycles. The predicted molar refractivity (Wildman–Crippen MR) is 182 cm³/mol. The number of benzene rings is 2. The van der Waals surface area contributed by atoms with Gasteiger partial charge in [0.25, 0.3) is 0 Å². The maximum atomic E-state index is 12.7. The number of nitrogens with zero attached hydrogens (tertiary/aromatic N) is 1. The Morgan fingerprint density at radius 3 is 1.53 bits per heavy atom. The summed E-state index contributed by atoms with van der Waals surface area (Å²) in [5, 5.41) is 3.39. The first-order valence-electron chi connectivity index (χ1n) is 14.9. The Labute approximate surface area is 315 Å². The van der Waals surface area contributed by atoms with Crippen LogP contribution in [0.3, 0.4) is 0 Å². The lowest BCUT2D eigenvalue weighted by molar-refractivity contribution is -0.164. The van der Waals surface area contributed by atoms with Crippen LogP contribution in [-0.4, -0.2) is 90.8 Å². The summed E-state index contributed by atoms with van der Waals surface area (Å²) in [6, 6.07) is 7.97. The summed E-state index contributed by atoms with van der Waals surface area (Å²) in [6.45, 7) is 1.87. The minimum Gasteiger partial charge on any atom is -0.468 e. The van der Waals surface area contributed by atoms with Gasteiger partial charge >= 0.3 is 24.3 Å². The largest absolute Gasteiger partial charge is 0.468 e. The zero-order valence-corrected chi connectivity index (χ0v) is 32.0. The first-order chi connectivity index (χ1) is 24.0. The number of hydrogen-bond acceptors (Lipinski definition) is 9. The maximum absolute atomic E-state index is 12.7. The van der Waals surface area contributed by atoms with Crippen LogP contribution in [0.2, 0.25) is 0 Å². The van der Waals surface area contributed by atoms with Gasteiger partial charge in [0.1, 0.15) is 12.1 Å². The fourth-order valence-electron chi connectivity index (χ4n) is 4.60. The van der Waals surface area contributed by atoms with Gasteiger partial charge in [-0.05, 0) is 51.3 Å². The molecule has 0 saturated carbocycles. The number of methoxy groups -OCH3 is 2. The molecule has 51 heavy (non-hydrogen) atoms. The van der Waals surface area contributed by atoms with Gasteiger partial charge in [0.05, 0.1) is 62.4 Å². The molecule has 0 radical (unpaired) electrons. The van der Waals surface area contributed by atoms with E-state index in [0.717, 1.165) is 24.3 Å². The van der Waals surface area contributed by atoms with E-state index in [1.165, 1.54) is 43.4 Å². The molecule has 2 saturated heterocycles. The standard InChI is InChI=1S/C16H17BrF3NO4.C14H16F3NO3.C2H2Br2O/c1-24-15(23)14(11-8-25-9-11)21(13(22)6-17)7-10-2-4-12(5-3-10)16(18,19)20;1-20-13(19)12(10-7-21-8-10)18-6-9-2-4-11(5-3-9)14(15,16)17;3-1-2(4)5/h2-5,11,14H,6-9H2,1H3;2-5,10,12,18H,6-8H2,1H3;1H2. The summed E-state index contributed by atoms with van der Waals surface area (Å²) in [5.74, 6) is -1.50. The fraction of sp³-hybridized carbons (Fsp3) is 0.500. The third kappa shape index (κ3) is 14.4. The molecule has 4 rings (SSSR count). The molecule has 2 aliphatic rings. The zero-order chi connectivity index (χ0) is 38.4. The van der Waals surface area contributed by atoms with Gasteiger partial charge in [0, 0.05) is 24.9 Å². The molecule has 0 bridgehead atoms. The highest BCUT2D eigenvalue weighted by Gasteiger charge is 2.41. The number of alkyl halides is 8. The molecule has 0 spiro atoms. The Morgan fingerprint density at radius 2 is 1.20 bits per heavy atom. The molecule has 2 fully saturated rings. The summed E-state index contributed by atoms with van der Waals surface area (Å²) in [5.41, 5.74) is -0.316. The summed E-state index contributed by atoms with van der Waals surface area (Å²) >= 11 is 8.68. The highest BCUT2D eigenvalue weighted by molar-refractivity contribution is 9.19. The number of nitrogens with one attached hydrogen (secondary N) is 1. The van der Waals surface area contributed by atoms with Gasteiger partial charge in [-0.3, -0.25) is 19.7 Å². The summed E-state index contributed by atoms with van der Waals surface area (Å²) in [4.78, 5) is 47.1. The van der Waals surface area contributed by atoms with Crippen molar-refractivity contribution in [3.8, 4) is 0 Å². The van der Waals surface area contributed by atoms with Crippen molar-refractivity contribution in [1.82, 2.24) is 10.2 Å². The molecule has 19 heteroatoms. The Hall–Kier alpha value is -2.58. The molecule has 1 N–H and O–H groups in total. The third-order valence-corrected chi connectivity index (χ3v) is 9.48. The van der Waals surface area contributed by atoms with Gasteiger partial charge in [-0.1, -0.05) is 56.1 Å². The highest BCUT2D eigenvalue weighted by Crippen LogP contribution is 2.31. The Kier molecular flexibility index (Phi) is 18.5. The molecule has 0 aliphatic carbocycles. The van der Waals surface area contributed by atoms with Crippen LogP contribution in [0.1, 0.15) is 22.3 Å². The average Bonchev–Trinajstić information content (AvgIpc) is 3.05. The number of rotatable bonds is 12. The van der Waals surface area contributed by atoms with Crippen LogP contribution in [0.25, 0.3) is 0 Å². The molecule has 10 nitrogen and oxygen atoms in total. The van der Waals surface area contributed by atoms with Crippen LogP contribution >= 0.6 is 47.8 Å². The van der Waals surface area contributed by atoms with Crippen molar-refractivity contribution in [2.45, 2.75) is 37.5 Å². The van der Waals surface area contributed by atoms with E-state index in [1.54, 1.807) is 0 Å². The van der Waals surface area contributed by atoms with E-state index in [9.17, 15) is 45.5 Å². The van der Waals surface area contributed by atoms with E-state index in [4.69, 9.17) is 18.9 Å². The number of amides is 1. The Morgan fingerprint density at radius 1 is 0.765 bits per heavy atom. The number of esters is 2. The molecule has 2 unspecified atom stereocenters. The van der Waals surface area contributed by atoms with E-state index in [2.05, 4.69) is 53.1 Å². The summed E-state index contributed by atoms with van der Waals surface area (Å²) in [6.07, 6.45) is -8.77. The molecular formula is C32H35Br3F6N2O8. The van der Waals surface area contributed by atoms with E-state index < -0.39 is 47.5 Å². The van der Waals surface area contributed by atoms with Crippen molar-refractivity contribution >= 4 is 70.3 Å². The van der Waals surface area contributed by atoms with E-state index in [-0.39, 0.29) is 40.9 Å². The SMILES string of the molecule is COC(=O)C(C1COC1)N(Cc1ccc(C(F)(F)F)cc1)C(=O)CBr.COC(=O)C(NCc1ccc(C(F)(F)F)cc1)C1COC1.O=C(Br)CBr. The van der Waals surface area contributed by atoms with Crippen LogP contribution in [0.4, 0.5) is 26.3 Å². The number of hydrogen-bond donors (Lipinski definition) is 1. The van der Waals surface area contributed by atoms with Crippen LogP contribution in [0.5, 0.6) is 0 Å². The lowest BCUT2D eigenvalue weighted by atomic mass is 9.95. The quantitative estimate of drug-likeness (QED) is 0.120. The number of ether oxygens (including phenoxy) is 4. The van der Waals surface area contributed by atoms with Gasteiger partial charge in [-0.15, -0.1) is 0 Å². The Balaban J connectivity index is 0.000000316. The smallest absolute Gasteiger partial charge is 0.416 e. The molecule has 1 amide bonds. The average molecular weight is 929 g/mol. The van der Waals surface area contributed by atoms with Crippen LogP contribution in [-0.2, 0) is 63.6 Å². The molecule has 284 valence electrons. The van der Waals surface area contributed by atoms with Crippen LogP contribution in [0, 0.1) is 11.8 Å². The van der Waals surface area contributed by atoms with Gasteiger partial charge in [-0.25, -0.2) is 4.79 Å². The van der Waals surface area contributed by atoms with Crippen molar-refractivity contribution in [3.63, 3.8) is 0 Å². The second kappa shape index (κ2) is 21.2. The molecule has 0 aromatic heterocycles. The Bertz CT molecular complexity index is 1420. The molecule has 2 atom stereocenters. The van der Waals surface area contributed by atoms with Gasteiger partial charge in [-0.2, -0.15) is 26.3 Å². The number of halogens is 9. The van der Waals surface area contributed by atoms with Crippen molar-refractivity contribution in [2.24, 2.45) is 11.8 Å². The van der Waals surface area contributed by atoms with E-state index in [0.29, 0.717) is 42.9 Å². The number of carbonyl (C=O) groups is 4. The predicted octanol–water partition coefficient (Wildman–Crippen LogP) is 5.90. The first kappa shape index (κ1) is 44.6. The number of carbonyl (C=O) groups excluding carboxylic acids is 4. The second-order valence-electron chi connectivity index (χ2n) is 11.0. The fourth-order valence-corrected chi connectivity index (χ4v) is 4.92. The van der Waals surface area contributed by atoms with Gasteiger partial charge in [0.15, 0.2) is 0 Å². The van der Waals surface area contributed by atoms with Gasteiger partial charge < -0.3 is 23.8 Å². The zero-order valence-electron chi connectivity index (χ0n) is 27.2. The first-order valence-corrected chi connectivity index (χ1v) is 18.0. The topological polar surface area (TPSA) is 120 Å². The highest BCUT2D eigenvalue weighted by atomic mass is 79.9. The van der Waals surface area contributed by atoms with Crippen molar-refractivity contribution in [3.05, 3.63) is 70.8 Å². The minimum absolute atomic E-state index is 0.00115. The normalized spacial score (nSPS) is 15.7.